The minimum Gasteiger partial charge on any atom is -0.451 e. The third kappa shape index (κ3) is 2.47. The van der Waals surface area contributed by atoms with Crippen LogP contribution in [0, 0.1) is 5.92 Å². The number of esters is 2. The molecule has 0 aromatic heterocycles. The van der Waals surface area contributed by atoms with E-state index in [0.717, 1.165) is 31.8 Å². The van der Waals surface area contributed by atoms with Gasteiger partial charge >= 0.3 is 11.9 Å². The first-order chi connectivity index (χ1) is 10.5. The zero-order valence-corrected chi connectivity index (χ0v) is 12.5. The Labute approximate surface area is 128 Å². The Balaban J connectivity index is 1.94. The van der Waals surface area contributed by atoms with Crippen LogP contribution in [-0.2, 0) is 9.53 Å². The molecule has 1 aromatic rings. The molecule has 1 atom stereocenters. The van der Waals surface area contributed by atoms with Gasteiger partial charge in [0.15, 0.2) is 0 Å². The van der Waals surface area contributed by atoms with Crippen molar-refractivity contribution in [3.05, 3.63) is 36.4 Å². The van der Waals surface area contributed by atoms with Crippen molar-refractivity contribution in [2.45, 2.75) is 38.4 Å². The number of ether oxygens (including phenoxy) is 3. The predicted octanol–water partition coefficient (Wildman–Crippen LogP) is 3.23. The summed E-state index contributed by atoms with van der Waals surface area (Å²) in [5.74, 6) is -1.42. The Kier molecular flexibility index (Phi) is 3.64. The zero-order valence-electron chi connectivity index (χ0n) is 12.5. The van der Waals surface area contributed by atoms with Gasteiger partial charge in [0.25, 0.3) is 5.79 Å². The van der Waals surface area contributed by atoms with Crippen LogP contribution in [0.1, 0.15) is 43.0 Å². The number of carbonyl (C=O) groups excluding carboxylic acids is 2. The van der Waals surface area contributed by atoms with Crippen molar-refractivity contribution < 1.29 is 23.8 Å². The van der Waals surface area contributed by atoms with Gasteiger partial charge in [0.1, 0.15) is 17.1 Å². The smallest absolute Gasteiger partial charge is 0.349 e. The van der Waals surface area contributed by atoms with Gasteiger partial charge in [-0.05, 0) is 25.0 Å². The molecule has 0 spiro atoms. The Bertz CT molecular complexity index is 630. The molecule has 1 unspecified atom stereocenters. The molecule has 5 nitrogen and oxygen atoms in total. The summed E-state index contributed by atoms with van der Waals surface area (Å²) in [6.07, 6.45) is 5.22. The number of fused-ring (bicyclic) bond motifs is 1. The van der Waals surface area contributed by atoms with Crippen LogP contribution in [0.25, 0.3) is 0 Å². The van der Waals surface area contributed by atoms with Gasteiger partial charge in [0.2, 0.25) is 0 Å². The van der Waals surface area contributed by atoms with E-state index in [2.05, 4.69) is 6.58 Å². The lowest BCUT2D eigenvalue weighted by molar-refractivity contribution is -0.175. The highest BCUT2D eigenvalue weighted by Gasteiger charge is 2.46. The Morgan fingerprint density at radius 1 is 1.36 bits per heavy atom. The van der Waals surface area contributed by atoms with Crippen LogP contribution in [0.3, 0.4) is 0 Å². The summed E-state index contributed by atoms with van der Waals surface area (Å²) in [7, 11) is 0. The standard InChI is InChI=1S/C17H18O5/c1-3-14(18)20-12-9-6-10-13-15(12)16(19)22-17(2,21-13)11-7-4-5-8-11/h3,6,9-11H,1,4-5,7-8H2,2H3. The van der Waals surface area contributed by atoms with Crippen molar-refractivity contribution >= 4 is 11.9 Å². The van der Waals surface area contributed by atoms with Gasteiger partial charge in [-0.1, -0.05) is 25.5 Å². The number of rotatable bonds is 3. The van der Waals surface area contributed by atoms with Crippen molar-refractivity contribution in [2.75, 3.05) is 0 Å². The number of carbonyl (C=O) groups is 2. The number of hydrogen-bond donors (Lipinski definition) is 0. The van der Waals surface area contributed by atoms with Crippen molar-refractivity contribution in [3.8, 4) is 11.5 Å². The van der Waals surface area contributed by atoms with Crippen LogP contribution in [0.5, 0.6) is 11.5 Å². The summed E-state index contributed by atoms with van der Waals surface area (Å²) in [6, 6.07) is 4.90. The largest absolute Gasteiger partial charge is 0.451 e. The lowest BCUT2D eigenvalue weighted by Gasteiger charge is -2.39. The normalized spacial score (nSPS) is 24.1. The summed E-state index contributed by atoms with van der Waals surface area (Å²) in [5.41, 5.74) is 0.146. The van der Waals surface area contributed by atoms with Gasteiger partial charge in [-0.2, -0.15) is 0 Å². The Morgan fingerprint density at radius 3 is 2.77 bits per heavy atom. The molecule has 3 rings (SSSR count). The lowest BCUT2D eigenvalue weighted by atomic mass is 9.96. The van der Waals surface area contributed by atoms with Crippen LogP contribution in [0.4, 0.5) is 0 Å². The second-order valence-electron chi connectivity index (χ2n) is 5.74. The van der Waals surface area contributed by atoms with Gasteiger partial charge in [0.05, 0.1) is 0 Å². The van der Waals surface area contributed by atoms with Crippen molar-refractivity contribution in [2.24, 2.45) is 5.92 Å². The SMILES string of the molecule is C=CC(=O)Oc1cccc2c1C(=O)OC(C)(C1CCCC1)O2. The van der Waals surface area contributed by atoms with Crippen LogP contribution >= 0.6 is 0 Å². The second kappa shape index (κ2) is 5.48. The van der Waals surface area contributed by atoms with Gasteiger partial charge < -0.3 is 14.2 Å². The first-order valence-corrected chi connectivity index (χ1v) is 7.43. The first-order valence-electron chi connectivity index (χ1n) is 7.43. The van der Waals surface area contributed by atoms with E-state index < -0.39 is 17.7 Å². The van der Waals surface area contributed by atoms with Crippen molar-refractivity contribution in [1.29, 1.82) is 0 Å². The summed E-state index contributed by atoms with van der Waals surface area (Å²) in [6.45, 7) is 5.14. The van der Waals surface area contributed by atoms with E-state index in [1.807, 2.05) is 0 Å². The summed E-state index contributed by atoms with van der Waals surface area (Å²) in [4.78, 5) is 23.8. The fourth-order valence-electron chi connectivity index (χ4n) is 3.12. The molecule has 1 aliphatic carbocycles. The summed E-state index contributed by atoms with van der Waals surface area (Å²) < 4.78 is 16.6. The third-order valence-corrected chi connectivity index (χ3v) is 4.27. The number of hydrogen-bond acceptors (Lipinski definition) is 5. The highest BCUT2D eigenvalue weighted by Crippen LogP contribution is 2.44. The molecule has 1 fully saturated rings. The molecule has 0 saturated heterocycles. The van der Waals surface area contributed by atoms with Crippen LogP contribution < -0.4 is 9.47 Å². The monoisotopic (exact) mass is 302 g/mol. The molecule has 0 amide bonds. The number of cyclic esters (lactones) is 1. The summed E-state index contributed by atoms with van der Waals surface area (Å²) in [5, 5.41) is 0. The molecule has 0 bridgehead atoms. The van der Waals surface area contributed by atoms with E-state index in [0.29, 0.717) is 5.75 Å². The molecule has 5 heteroatoms. The van der Waals surface area contributed by atoms with Crippen LogP contribution in [0.2, 0.25) is 0 Å². The fourth-order valence-corrected chi connectivity index (χ4v) is 3.12. The minimum atomic E-state index is -0.957. The molecule has 0 N–H and O–H groups in total. The van der Waals surface area contributed by atoms with Gasteiger partial charge in [-0.15, -0.1) is 0 Å². The molecular formula is C17H18O5. The molecular weight excluding hydrogens is 284 g/mol. The fraction of sp³-hybridized carbons (Fsp3) is 0.412. The minimum absolute atomic E-state index is 0.126. The topological polar surface area (TPSA) is 61.8 Å². The molecule has 0 radical (unpaired) electrons. The lowest BCUT2D eigenvalue weighted by Crippen LogP contribution is -2.47. The third-order valence-electron chi connectivity index (χ3n) is 4.27. The maximum atomic E-state index is 12.4. The maximum absolute atomic E-state index is 12.4. The van der Waals surface area contributed by atoms with Gasteiger partial charge in [-0.3, -0.25) is 0 Å². The molecule has 2 aliphatic rings. The molecule has 1 saturated carbocycles. The summed E-state index contributed by atoms with van der Waals surface area (Å²) >= 11 is 0. The van der Waals surface area contributed by atoms with Crippen molar-refractivity contribution in [1.82, 2.24) is 0 Å². The highest BCUT2D eigenvalue weighted by atomic mass is 16.7. The maximum Gasteiger partial charge on any atom is 0.349 e. The van der Waals surface area contributed by atoms with E-state index in [4.69, 9.17) is 14.2 Å². The average molecular weight is 302 g/mol. The molecule has 22 heavy (non-hydrogen) atoms. The molecule has 1 aromatic carbocycles. The average Bonchev–Trinajstić information content (AvgIpc) is 3.01. The molecule has 116 valence electrons. The van der Waals surface area contributed by atoms with E-state index in [1.165, 1.54) is 6.07 Å². The highest BCUT2D eigenvalue weighted by molar-refractivity contribution is 5.98. The molecule has 1 aliphatic heterocycles. The van der Waals surface area contributed by atoms with Gasteiger partial charge in [-0.25, -0.2) is 9.59 Å². The Morgan fingerprint density at radius 2 is 2.09 bits per heavy atom. The van der Waals surface area contributed by atoms with E-state index in [-0.39, 0.29) is 17.2 Å². The van der Waals surface area contributed by atoms with Gasteiger partial charge in [0, 0.05) is 18.9 Å². The second-order valence-corrected chi connectivity index (χ2v) is 5.74. The van der Waals surface area contributed by atoms with Crippen LogP contribution in [-0.4, -0.2) is 17.7 Å². The van der Waals surface area contributed by atoms with Crippen molar-refractivity contribution in [3.63, 3.8) is 0 Å². The first kappa shape index (κ1) is 14.6. The van der Waals surface area contributed by atoms with E-state index >= 15 is 0 Å². The molecule has 1 heterocycles. The van der Waals surface area contributed by atoms with E-state index in [1.54, 1.807) is 19.1 Å². The van der Waals surface area contributed by atoms with E-state index in [9.17, 15) is 9.59 Å². The zero-order chi connectivity index (χ0) is 15.7. The van der Waals surface area contributed by atoms with Crippen LogP contribution in [0.15, 0.2) is 30.9 Å². The predicted molar refractivity (Wildman–Crippen MR) is 78.7 cm³/mol. The Hall–Kier alpha value is -2.30. The number of benzene rings is 1. The quantitative estimate of drug-likeness (QED) is 0.487.